The molecule has 0 radical (unpaired) electrons. The summed E-state index contributed by atoms with van der Waals surface area (Å²) in [7, 11) is 0. The predicted molar refractivity (Wildman–Crippen MR) is 81.3 cm³/mol. The van der Waals surface area contributed by atoms with Crippen molar-refractivity contribution in [1.29, 1.82) is 0 Å². The van der Waals surface area contributed by atoms with Crippen molar-refractivity contribution in [1.82, 2.24) is 4.90 Å². The van der Waals surface area contributed by atoms with Crippen LogP contribution in [0.15, 0.2) is 17.0 Å². The fourth-order valence-electron chi connectivity index (χ4n) is 2.23. The van der Waals surface area contributed by atoms with E-state index in [4.69, 9.17) is 28.9 Å². The van der Waals surface area contributed by atoms with Gasteiger partial charge in [0, 0.05) is 18.0 Å². The number of nitrogens with zero attached hydrogens (tertiary/aromatic N) is 1. The molecule has 3 nitrogen and oxygen atoms in total. The second kappa shape index (κ2) is 6.35. The minimum Gasteiger partial charge on any atom is -0.338 e. The first-order valence-corrected chi connectivity index (χ1v) is 8.07. The molecule has 1 saturated heterocycles. The Labute approximate surface area is 127 Å². The molecule has 1 aromatic carbocycles. The van der Waals surface area contributed by atoms with Crippen LogP contribution in [0.3, 0.4) is 0 Å². The van der Waals surface area contributed by atoms with Crippen LogP contribution < -0.4 is 5.73 Å². The van der Waals surface area contributed by atoms with Gasteiger partial charge in [-0.3, -0.25) is 4.79 Å². The number of amides is 1. The Kier molecular flexibility index (Phi) is 5.01. The fourth-order valence-corrected chi connectivity index (χ4v) is 3.41. The maximum Gasteiger partial charge on any atom is 0.255 e. The van der Waals surface area contributed by atoms with Gasteiger partial charge in [0.05, 0.1) is 15.6 Å². The summed E-state index contributed by atoms with van der Waals surface area (Å²) < 4.78 is 0. The van der Waals surface area contributed by atoms with Crippen LogP contribution in [0.25, 0.3) is 0 Å². The van der Waals surface area contributed by atoms with Gasteiger partial charge in [0.1, 0.15) is 0 Å². The van der Waals surface area contributed by atoms with Crippen molar-refractivity contribution < 1.29 is 4.79 Å². The Bertz CT molecular complexity index is 496. The molecule has 1 aliphatic rings. The second-order valence-electron chi connectivity index (χ2n) is 4.61. The van der Waals surface area contributed by atoms with Gasteiger partial charge in [-0.1, -0.05) is 23.2 Å². The van der Waals surface area contributed by atoms with Gasteiger partial charge in [0.15, 0.2) is 0 Å². The lowest BCUT2D eigenvalue weighted by Crippen LogP contribution is -2.30. The van der Waals surface area contributed by atoms with Crippen LogP contribution >= 0.6 is 35.0 Å². The molecule has 1 fully saturated rings. The van der Waals surface area contributed by atoms with Crippen molar-refractivity contribution in [2.24, 2.45) is 11.7 Å². The lowest BCUT2D eigenvalue weighted by Gasteiger charge is -2.18. The minimum absolute atomic E-state index is 0.0343. The largest absolute Gasteiger partial charge is 0.338 e. The van der Waals surface area contributed by atoms with Crippen LogP contribution in [0.1, 0.15) is 16.8 Å². The van der Waals surface area contributed by atoms with Crippen LogP contribution in [0.2, 0.25) is 10.0 Å². The average Bonchev–Trinajstić information content (AvgIpc) is 2.87. The second-order valence-corrected chi connectivity index (χ2v) is 6.27. The van der Waals surface area contributed by atoms with Crippen LogP contribution in [0.4, 0.5) is 0 Å². The summed E-state index contributed by atoms with van der Waals surface area (Å²) in [6.45, 7) is 2.07. The van der Waals surface area contributed by atoms with Crippen molar-refractivity contribution in [3.05, 3.63) is 27.7 Å². The van der Waals surface area contributed by atoms with Gasteiger partial charge in [-0.2, -0.15) is 0 Å². The summed E-state index contributed by atoms with van der Waals surface area (Å²) in [5.74, 6) is 0.364. The number of halogens is 2. The fraction of sp³-hybridized carbons (Fsp3) is 0.462. The van der Waals surface area contributed by atoms with Gasteiger partial charge in [-0.25, -0.2) is 0 Å². The lowest BCUT2D eigenvalue weighted by molar-refractivity contribution is 0.0787. The van der Waals surface area contributed by atoms with E-state index in [9.17, 15) is 4.79 Å². The molecule has 2 rings (SSSR count). The van der Waals surface area contributed by atoms with Gasteiger partial charge >= 0.3 is 0 Å². The highest BCUT2D eigenvalue weighted by molar-refractivity contribution is 7.98. The van der Waals surface area contributed by atoms with Crippen LogP contribution in [-0.2, 0) is 0 Å². The number of nitrogens with two attached hydrogens (primary N) is 1. The molecule has 1 amide bonds. The molecule has 0 aromatic heterocycles. The summed E-state index contributed by atoms with van der Waals surface area (Å²) in [4.78, 5) is 15.1. The van der Waals surface area contributed by atoms with Crippen LogP contribution in [0.5, 0.6) is 0 Å². The molecular formula is C13H16Cl2N2OS. The topological polar surface area (TPSA) is 46.3 Å². The average molecular weight is 319 g/mol. The van der Waals surface area contributed by atoms with E-state index in [-0.39, 0.29) is 5.91 Å². The normalized spacial score (nSPS) is 18.9. The zero-order chi connectivity index (χ0) is 14.0. The Balaban J connectivity index is 2.24. The Morgan fingerprint density at radius 1 is 1.47 bits per heavy atom. The third kappa shape index (κ3) is 3.19. The van der Waals surface area contributed by atoms with Crippen molar-refractivity contribution in [3.8, 4) is 0 Å². The van der Waals surface area contributed by atoms with E-state index in [1.165, 1.54) is 11.8 Å². The van der Waals surface area contributed by atoms with Crippen LogP contribution in [-0.4, -0.2) is 36.7 Å². The maximum atomic E-state index is 12.5. The summed E-state index contributed by atoms with van der Waals surface area (Å²) in [5.41, 5.74) is 6.17. The molecule has 1 unspecified atom stereocenters. The molecule has 104 valence electrons. The van der Waals surface area contributed by atoms with Gasteiger partial charge < -0.3 is 10.6 Å². The standard InChI is InChI=1S/C13H16Cl2N2OS/c1-19-12-4-9(10(14)5-11(12)15)13(18)17-3-2-8(6-16)7-17/h4-5,8H,2-3,6-7,16H2,1H3. The molecule has 0 spiro atoms. The quantitative estimate of drug-likeness (QED) is 0.871. The van der Waals surface area contributed by atoms with Crippen LogP contribution in [0, 0.1) is 5.92 Å². The molecule has 1 atom stereocenters. The monoisotopic (exact) mass is 318 g/mol. The van der Waals surface area contributed by atoms with Gasteiger partial charge in [0.25, 0.3) is 5.91 Å². The highest BCUT2D eigenvalue weighted by atomic mass is 35.5. The van der Waals surface area contributed by atoms with E-state index in [0.717, 1.165) is 17.9 Å². The first kappa shape index (κ1) is 15.0. The number of carbonyl (C=O) groups excluding carboxylic acids is 1. The first-order valence-electron chi connectivity index (χ1n) is 6.09. The number of hydrogen-bond donors (Lipinski definition) is 1. The Hall–Kier alpha value is -0.420. The van der Waals surface area contributed by atoms with Crippen molar-refractivity contribution in [2.75, 3.05) is 25.9 Å². The van der Waals surface area contributed by atoms with Gasteiger partial charge in [0.2, 0.25) is 0 Å². The van der Waals surface area contributed by atoms with Crippen molar-refractivity contribution in [3.63, 3.8) is 0 Å². The molecule has 0 saturated carbocycles. The van der Waals surface area contributed by atoms with Gasteiger partial charge in [-0.05, 0) is 37.3 Å². The van der Waals surface area contributed by atoms with E-state index in [2.05, 4.69) is 0 Å². The van der Waals surface area contributed by atoms with E-state index < -0.39 is 0 Å². The molecule has 2 N–H and O–H groups in total. The van der Waals surface area contributed by atoms with E-state index in [1.807, 2.05) is 11.2 Å². The zero-order valence-corrected chi connectivity index (χ0v) is 13.0. The molecule has 1 aliphatic heterocycles. The summed E-state index contributed by atoms with van der Waals surface area (Å²) >= 11 is 13.7. The highest BCUT2D eigenvalue weighted by Gasteiger charge is 2.27. The summed E-state index contributed by atoms with van der Waals surface area (Å²) in [6.07, 6.45) is 2.88. The number of carbonyl (C=O) groups is 1. The molecule has 1 aromatic rings. The van der Waals surface area contributed by atoms with E-state index in [1.54, 1.807) is 12.1 Å². The number of rotatable bonds is 3. The van der Waals surface area contributed by atoms with E-state index in [0.29, 0.717) is 34.6 Å². The molecule has 1 heterocycles. The highest BCUT2D eigenvalue weighted by Crippen LogP contribution is 2.32. The third-order valence-electron chi connectivity index (χ3n) is 3.38. The predicted octanol–water partition coefficient (Wildman–Crippen LogP) is 3.14. The number of hydrogen-bond acceptors (Lipinski definition) is 3. The zero-order valence-electron chi connectivity index (χ0n) is 10.7. The number of thioether (sulfide) groups is 1. The molecule has 0 aliphatic carbocycles. The molecular weight excluding hydrogens is 303 g/mol. The minimum atomic E-state index is -0.0343. The Morgan fingerprint density at radius 2 is 2.21 bits per heavy atom. The molecule has 0 bridgehead atoms. The Morgan fingerprint density at radius 3 is 2.79 bits per heavy atom. The third-order valence-corrected chi connectivity index (χ3v) is 4.89. The van der Waals surface area contributed by atoms with Crippen molar-refractivity contribution in [2.45, 2.75) is 11.3 Å². The van der Waals surface area contributed by atoms with Gasteiger partial charge in [-0.15, -0.1) is 11.8 Å². The smallest absolute Gasteiger partial charge is 0.255 e. The molecule has 19 heavy (non-hydrogen) atoms. The van der Waals surface area contributed by atoms with E-state index >= 15 is 0 Å². The summed E-state index contributed by atoms with van der Waals surface area (Å²) in [5, 5.41) is 0.985. The lowest BCUT2D eigenvalue weighted by atomic mass is 10.1. The number of likely N-dealkylation sites (tertiary alicyclic amines) is 1. The van der Waals surface area contributed by atoms with Crippen molar-refractivity contribution >= 4 is 40.9 Å². The SMILES string of the molecule is CSc1cc(C(=O)N2CCC(CN)C2)c(Cl)cc1Cl. The maximum absolute atomic E-state index is 12.5. The first-order chi connectivity index (χ1) is 9.06. The number of benzene rings is 1. The molecule has 6 heteroatoms. The summed E-state index contributed by atoms with van der Waals surface area (Å²) in [6, 6.07) is 3.41.